The fourth-order valence-corrected chi connectivity index (χ4v) is 4.18. The highest BCUT2D eigenvalue weighted by Crippen LogP contribution is 2.35. The van der Waals surface area contributed by atoms with Gasteiger partial charge in [-0.1, -0.05) is 30.3 Å². The van der Waals surface area contributed by atoms with Crippen molar-refractivity contribution in [2.45, 2.75) is 6.54 Å². The lowest BCUT2D eigenvalue weighted by atomic mass is 10.1. The summed E-state index contributed by atoms with van der Waals surface area (Å²) in [4.78, 5) is 13.6. The smallest absolute Gasteiger partial charge is 0.263 e. The van der Waals surface area contributed by atoms with Gasteiger partial charge >= 0.3 is 0 Å². The molecule has 0 aliphatic rings. The number of methoxy groups -OCH3 is 1. The lowest BCUT2D eigenvalue weighted by molar-refractivity contribution is 0.0954. The summed E-state index contributed by atoms with van der Waals surface area (Å²) in [6.45, 7) is 0.359. The summed E-state index contributed by atoms with van der Waals surface area (Å²) in [5, 5.41) is 4.92. The van der Waals surface area contributed by atoms with Crippen molar-refractivity contribution in [1.29, 1.82) is 0 Å². The average Bonchev–Trinajstić information content (AvgIpc) is 3.42. The molecule has 29 heavy (non-hydrogen) atoms. The van der Waals surface area contributed by atoms with Crippen molar-refractivity contribution >= 4 is 17.2 Å². The standard InChI is InChI=1S/C23H19FN2O2S/c1-28-20-7-3-2-6-17(20)14-25-23(27)22-21(26-12-4-5-13-26)19(15-29-22)16-8-10-18(24)11-9-16/h2-13,15H,14H2,1H3,(H,25,27). The molecule has 6 heteroatoms. The first-order valence-corrected chi connectivity index (χ1v) is 9.96. The maximum absolute atomic E-state index is 13.4. The van der Waals surface area contributed by atoms with Gasteiger partial charge in [-0.3, -0.25) is 4.79 Å². The minimum absolute atomic E-state index is 0.169. The van der Waals surface area contributed by atoms with Crippen LogP contribution in [-0.2, 0) is 6.54 Å². The number of benzene rings is 2. The van der Waals surface area contributed by atoms with Gasteiger partial charge in [0.05, 0.1) is 12.8 Å². The highest BCUT2D eigenvalue weighted by atomic mass is 32.1. The lowest BCUT2D eigenvalue weighted by Crippen LogP contribution is -2.23. The predicted molar refractivity (Wildman–Crippen MR) is 113 cm³/mol. The van der Waals surface area contributed by atoms with E-state index >= 15 is 0 Å². The third-order valence-electron chi connectivity index (χ3n) is 4.62. The predicted octanol–water partition coefficient (Wildman–Crippen LogP) is 5.28. The molecule has 0 saturated carbocycles. The summed E-state index contributed by atoms with van der Waals surface area (Å²) in [6, 6.07) is 17.7. The molecule has 4 rings (SSSR count). The molecule has 0 aliphatic heterocycles. The van der Waals surface area contributed by atoms with Crippen molar-refractivity contribution in [3.63, 3.8) is 0 Å². The molecule has 2 heterocycles. The molecular formula is C23H19FN2O2S. The van der Waals surface area contributed by atoms with Crippen molar-refractivity contribution in [3.05, 3.63) is 94.7 Å². The maximum Gasteiger partial charge on any atom is 0.263 e. The summed E-state index contributed by atoms with van der Waals surface area (Å²) in [5.74, 6) is 0.274. The number of halogens is 1. The monoisotopic (exact) mass is 406 g/mol. The molecular weight excluding hydrogens is 387 g/mol. The first-order chi connectivity index (χ1) is 14.2. The van der Waals surface area contributed by atoms with Crippen LogP contribution in [0.25, 0.3) is 16.8 Å². The fraction of sp³-hybridized carbons (Fsp3) is 0.0870. The van der Waals surface area contributed by atoms with Crippen LogP contribution in [0.4, 0.5) is 4.39 Å². The van der Waals surface area contributed by atoms with Crippen LogP contribution in [0.1, 0.15) is 15.2 Å². The molecule has 0 spiro atoms. The lowest BCUT2D eigenvalue weighted by Gasteiger charge is -2.11. The largest absolute Gasteiger partial charge is 0.496 e. The second-order valence-electron chi connectivity index (χ2n) is 6.42. The second kappa shape index (κ2) is 8.32. The van der Waals surface area contributed by atoms with Gasteiger partial charge in [-0.2, -0.15) is 0 Å². The number of para-hydroxylation sites is 1. The summed E-state index contributed by atoms with van der Waals surface area (Å²) in [6.07, 6.45) is 3.79. The molecule has 0 saturated heterocycles. The number of hydrogen-bond acceptors (Lipinski definition) is 3. The molecule has 4 nitrogen and oxygen atoms in total. The van der Waals surface area contributed by atoms with E-state index in [1.807, 2.05) is 58.7 Å². The van der Waals surface area contributed by atoms with Crippen LogP contribution < -0.4 is 10.1 Å². The van der Waals surface area contributed by atoms with Gasteiger partial charge in [0, 0.05) is 35.4 Å². The van der Waals surface area contributed by atoms with Crippen LogP contribution in [0.15, 0.2) is 78.4 Å². The van der Waals surface area contributed by atoms with Gasteiger partial charge in [0.2, 0.25) is 0 Å². The second-order valence-corrected chi connectivity index (χ2v) is 7.30. The molecule has 0 bridgehead atoms. The molecule has 0 atom stereocenters. The van der Waals surface area contributed by atoms with Crippen molar-refractivity contribution in [2.75, 3.05) is 7.11 Å². The van der Waals surface area contributed by atoms with Crippen LogP contribution in [0.2, 0.25) is 0 Å². The van der Waals surface area contributed by atoms with Gasteiger partial charge in [0.15, 0.2) is 0 Å². The summed E-state index contributed by atoms with van der Waals surface area (Å²) in [5.41, 5.74) is 3.43. The third-order valence-corrected chi connectivity index (χ3v) is 5.59. The number of rotatable bonds is 6. The summed E-state index contributed by atoms with van der Waals surface area (Å²) < 4.78 is 20.6. The Kier molecular flexibility index (Phi) is 5.44. The maximum atomic E-state index is 13.4. The van der Waals surface area contributed by atoms with Crippen molar-refractivity contribution < 1.29 is 13.9 Å². The van der Waals surface area contributed by atoms with E-state index in [4.69, 9.17) is 4.74 Å². The Morgan fingerprint density at radius 2 is 1.79 bits per heavy atom. The topological polar surface area (TPSA) is 43.3 Å². The SMILES string of the molecule is COc1ccccc1CNC(=O)c1scc(-c2ccc(F)cc2)c1-n1cccc1. The quantitative estimate of drug-likeness (QED) is 0.473. The Balaban J connectivity index is 1.66. The molecule has 146 valence electrons. The van der Waals surface area contributed by atoms with E-state index in [0.717, 1.165) is 28.1 Å². The van der Waals surface area contributed by atoms with Crippen LogP contribution >= 0.6 is 11.3 Å². The summed E-state index contributed by atoms with van der Waals surface area (Å²) >= 11 is 1.37. The molecule has 0 radical (unpaired) electrons. The number of nitrogens with one attached hydrogen (secondary N) is 1. The normalized spacial score (nSPS) is 10.7. The van der Waals surface area contributed by atoms with Crippen molar-refractivity contribution in [2.24, 2.45) is 0 Å². The van der Waals surface area contributed by atoms with Crippen LogP contribution in [0.3, 0.4) is 0 Å². The van der Waals surface area contributed by atoms with Crippen LogP contribution in [0, 0.1) is 5.82 Å². The minimum atomic E-state index is -0.290. The minimum Gasteiger partial charge on any atom is -0.496 e. The first-order valence-electron chi connectivity index (χ1n) is 9.08. The molecule has 1 N–H and O–H groups in total. The molecule has 2 aromatic carbocycles. The molecule has 0 fully saturated rings. The Hall–Kier alpha value is -3.38. The number of carbonyl (C=O) groups excluding carboxylic acids is 1. The number of amides is 1. The number of ether oxygens (including phenoxy) is 1. The van der Waals surface area contributed by atoms with Gasteiger partial charge in [-0.05, 0) is 35.9 Å². The molecule has 0 unspecified atom stereocenters. The molecule has 2 aromatic heterocycles. The van der Waals surface area contributed by atoms with Gasteiger partial charge in [-0.25, -0.2) is 4.39 Å². The van der Waals surface area contributed by atoms with E-state index in [1.54, 1.807) is 19.2 Å². The van der Waals surface area contributed by atoms with Crippen LogP contribution in [0.5, 0.6) is 5.75 Å². The molecule has 4 aromatic rings. The van der Waals surface area contributed by atoms with Crippen molar-refractivity contribution in [3.8, 4) is 22.6 Å². The van der Waals surface area contributed by atoms with E-state index in [2.05, 4.69) is 5.32 Å². The van der Waals surface area contributed by atoms with Gasteiger partial charge in [-0.15, -0.1) is 11.3 Å². The zero-order valence-corrected chi connectivity index (χ0v) is 16.6. The van der Waals surface area contributed by atoms with Gasteiger partial charge in [0.1, 0.15) is 16.4 Å². The number of carbonyl (C=O) groups is 1. The molecule has 1 amide bonds. The van der Waals surface area contributed by atoms with Gasteiger partial charge < -0.3 is 14.6 Å². The Morgan fingerprint density at radius 3 is 2.52 bits per heavy atom. The molecule has 0 aliphatic carbocycles. The van der Waals surface area contributed by atoms with Gasteiger partial charge in [0.25, 0.3) is 5.91 Å². The van der Waals surface area contributed by atoms with E-state index in [9.17, 15) is 9.18 Å². The van der Waals surface area contributed by atoms with E-state index in [-0.39, 0.29) is 11.7 Å². The average molecular weight is 406 g/mol. The zero-order chi connectivity index (χ0) is 20.2. The highest BCUT2D eigenvalue weighted by molar-refractivity contribution is 7.13. The van der Waals surface area contributed by atoms with Crippen LogP contribution in [-0.4, -0.2) is 17.6 Å². The number of aromatic nitrogens is 1. The summed E-state index contributed by atoms with van der Waals surface area (Å²) in [7, 11) is 1.61. The Labute approximate surface area is 172 Å². The van der Waals surface area contributed by atoms with E-state index in [0.29, 0.717) is 11.4 Å². The number of hydrogen-bond donors (Lipinski definition) is 1. The highest BCUT2D eigenvalue weighted by Gasteiger charge is 2.20. The number of nitrogens with zero attached hydrogens (tertiary/aromatic N) is 1. The Morgan fingerprint density at radius 1 is 1.07 bits per heavy atom. The number of thiophene rings is 1. The first kappa shape index (κ1) is 19.0. The van der Waals surface area contributed by atoms with E-state index < -0.39 is 0 Å². The van der Waals surface area contributed by atoms with Crippen molar-refractivity contribution in [1.82, 2.24) is 9.88 Å². The fourth-order valence-electron chi connectivity index (χ4n) is 3.19. The Bertz CT molecular complexity index is 1120. The van der Waals surface area contributed by atoms with E-state index in [1.165, 1.54) is 23.5 Å². The zero-order valence-electron chi connectivity index (χ0n) is 15.8. The third kappa shape index (κ3) is 3.93.